The summed E-state index contributed by atoms with van der Waals surface area (Å²) in [6, 6.07) is 0.696. The van der Waals surface area contributed by atoms with Gasteiger partial charge in [0.25, 0.3) is 0 Å². The predicted molar refractivity (Wildman–Crippen MR) is 76.5 cm³/mol. The lowest BCUT2D eigenvalue weighted by Gasteiger charge is -2.24. The quantitative estimate of drug-likeness (QED) is 0.775. The van der Waals surface area contributed by atoms with E-state index in [0.717, 1.165) is 6.54 Å². The van der Waals surface area contributed by atoms with Crippen LogP contribution in [0.5, 0.6) is 0 Å². The zero-order chi connectivity index (χ0) is 12.7. The van der Waals surface area contributed by atoms with Crippen molar-refractivity contribution in [2.45, 2.75) is 50.3 Å². The molecule has 3 nitrogen and oxygen atoms in total. The molecule has 0 saturated heterocycles. The van der Waals surface area contributed by atoms with Gasteiger partial charge < -0.3 is 5.32 Å². The summed E-state index contributed by atoms with van der Waals surface area (Å²) in [5.74, 6) is 1.01. The average Bonchev–Trinajstić information content (AvgIpc) is 2.26. The molecule has 0 heterocycles. The highest BCUT2D eigenvalue weighted by atomic mass is 32.2. The first-order valence-electron chi connectivity index (χ1n) is 6.50. The Labute approximate surface area is 110 Å². The monoisotopic (exact) mass is 279 g/mol. The van der Waals surface area contributed by atoms with Crippen LogP contribution in [0.2, 0.25) is 0 Å². The largest absolute Gasteiger partial charge is 0.313 e. The van der Waals surface area contributed by atoms with Crippen LogP contribution in [0.3, 0.4) is 0 Å². The van der Waals surface area contributed by atoms with Crippen LogP contribution in [0.25, 0.3) is 0 Å². The van der Waals surface area contributed by atoms with E-state index in [-0.39, 0.29) is 0 Å². The van der Waals surface area contributed by atoms with E-state index in [1.807, 2.05) is 0 Å². The highest BCUT2D eigenvalue weighted by Crippen LogP contribution is 2.18. The lowest BCUT2D eigenvalue weighted by molar-refractivity contribution is 0.375. The van der Waals surface area contributed by atoms with Crippen LogP contribution < -0.4 is 5.32 Å². The van der Waals surface area contributed by atoms with Gasteiger partial charge in [-0.15, -0.1) is 0 Å². The molecule has 1 saturated carbocycles. The third kappa shape index (κ3) is 8.06. The minimum atomic E-state index is -2.80. The first-order valence-corrected chi connectivity index (χ1v) is 9.61. The van der Waals surface area contributed by atoms with Crippen molar-refractivity contribution in [3.8, 4) is 0 Å². The minimum absolute atomic E-state index is 0.297. The molecule has 0 amide bonds. The molecule has 0 aromatic carbocycles. The molecule has 0 aromatic rings. The third-order valence-electron chi connectivity index (χ3n) is 3.16. The summed E-state index contributed by atoms with van der Waals surface area (Å²) >= 11 is 1.75. The van der Waals surface area contributed by atoms with Crippen molar-refractivity contribution in [1.29, 1.82) is 0 Å². The molecule has 102 valence electrons. The maximum absolute atomic E-state index is 11.0. The van der Waals surface area contributed by atoms with Gasteiger partial charge in [-0.1, -0.05) is 26.2 Å². The van der Waals surface area contributed by atoms with Gasteiger partial charge in [-0.05, 0) is 12.8 Å². The van der Waals surface area contributed by atoms with E-state index in [4.69, 9.17) is 0 Å². The van der Waals surface area contributed by atoms with Crippen LogP contribution in [0.4, 0.5) is 0 Å². The van der Waals surface area contributed by atoms with E-state index in [1.165, 1.54) is 38.4 Å². The van der Waals surface area contributed by atoms with Crippen molar-refractivity contribution in [1.82, 2.24) is 5.32 Å². The molecule has 1 aliphatic rings. The fraction of sp³-hybridized carbons (Fsp3) is 1.00. The zero-order valence-electron chi connectivity index (χ0n) is 10.9. The summed E-state index contributed by atoms with van der Waals surface area (Å²) in [6.07, 6.45) is 8.01. The maximum Gasteiger partial charge on any atom is 0.148 e. The molecule has 5 heteroatoms. The van der Waals surface area contributed by atoms with Crippen molar-refractivity contribution in [2.24, 2.45) is 0 Å². The number of hydrogen-bond acceptors (Lipinski definition) is 4. The smallest absolute Gasteiger partial charge is 0.148 e. The maximum atomic E-state index is 11.0. The van der Waals surface area contributed by atoms with Crippen LogP contribution in [-0.2, 0) is 9.84 Å². The van der Waals surface area contributed by atoms with Crippen LogP contribution in [0.1, 0.15) is 39.0 Å². The Morgan fingerprint density at radius 2 is 1.94 bits per heavy atom. The molecule has 17 heavy (non-hydrogen) atoms. The Balaban J connectivity index is 2.06. The van der Waals surface area contributed by atoms with Gasteiger partial charge in [0.2, 0.25) is 0 Å². The van der Waals surface area contributed by atoms with E-state index in [0.29, 0.717) is 22.8 Å². The Morgan fingerprint density at radius 3 is 2.53 bits per heavy atom. The lowest BCUT2D eigenvalue weighted by atomic mass is 9.95. The summed E-state index contributed by atoms with van der Waals surface area (Å²) in [5.41, 5.74) is 0. The summed E-state index contributed by atoms with van der Waals surface area (Å²) in [6.45, 7) is 3.17. The molecule has 0 aromatic heterocycles. The molecular weight excluding hydrogens is 254 g/mol. The van der Waals surface area contributed by atoms with Gasteiger partial charge in [0.05, 0.1) is 5.75 Å². The second-order valence-electron chi connectivity index (χ2n) is 5.05. The molecule has 0 aliphatic heterocycles. The normalized spacial score (nSPS) is 20.4. The van der Waals surface area contributed by atoms with Crippen LogP contribution in [0, 0.1) is 0 Å². The van der Waals surface area contributed by atoms with E-state index in [9.17, 15) is 8.42 Å². The average molecular weight is 279 g/mol. The second kappa shape index (κ2) is 7.64. The molecular formula is C12H25NO2S2. The molecule has 0 radical (unpaired) electrons. The Hall–Kier alpha value is 0.260. The first kappa shape index (κ1) is 15.3. The second-order valence-corrected chi connectivity index (χ2v) is 8.86. The van der Waals surface area contributed by atoms with E-state index in [1.54, 1.807) is 11.8 Å². The van der Waals surface area contributed by atoms with E-state index >= 15 is 0 Å². The molecule has 1 fully saturated rings. The topological polar surface area (TPSA) is 46.2 Å². The van der Waals surface area contributed by atoms with Gasteiger partial charge in [0, 0.05) is 29.8 Å². The molecule has 1 atom stereocenters. The summed E-state index contributed by atoms with van der Waals surface area (Å²) in [4.78, 5) is 0. The number of thioether (sulfide) groups is 1. The van der Waals surface area contributed by atoms with Crippen molar-refractivity contribution in [2.75, 3.05) is 24.3 Å². The SMILES string of the molecule is CC(CNC1CCCCC1)SCCS(C)(=O)=O. The van der Waals surface area contributed by atoms with Crippen LogP contribution in [0.15, 0.2) is 0 Å². The van der Waals surface area contributed by atoms with Crippen molar-refractivity contribution >= 4 is 21.6 Å². The molecule has 1 unspecified atom stereocenters. The van der Waals surface area contributed by atoms with Crippen LogP contribution in [-0.4, -0.2) is 44.0 Å². The van der Waals surface area contributed by atoms with Crippen molar-refractivity contribution < 1.29 is 8.42 Å². The Morgan fingerprint density at radius 1 is 1.29 bits per heavy atom. The van der Waals surface area contributed by atoms with Crippen LogP contribution >= 0.6 is 11.8 Å². The molecule has 0 spiro atoms. The summed E-state index contributed by atoms with van der Waals surface area (Å²) < 4.78 is 22.0. The first-order chi connectivity index (χ1) is 7.97. The van der Waals surface area contributed by atoms with Crippen molar-refractivity contribution in [3.05, 3.63) is 0 Å². The highest BCUT2D eigenvalue weighted by molar-refractivity contribution is 8.01. The fourth-order valence-corrected chi connectivity index (χ4v) is 4.31. The van der Waals surface area contributed by atoms with E-state index < -0.39 is 9.84 Å². The summed E-state index contributed by atoms with van der Waals surface area (Å²) in [7, 11) is -2.80. The highest BCUT2D eigenvalue weighted by Gasteiger charge is 2.14. The third-order valence-corrected chi connectivity index (χ3v) is 5.54. The van der Waals surface area contributed by atoms with E-state index in [2.05, 4.69) is 12.2 Å². The van der Waals surface area contributed by atoms with Gasteiger partial charge in [-0.25, -0.2) is 8.42 Å². The number of sulfone groups is 1. The Bertz CT molecular complexity index is 298. The lowest BCUT2D eigenvalue weighted by Crippen LogP contribution is -2.35. The molecule has 1 rings (SSSR count). The number of nitrogens with one attached hydrogen (secondary N) is 1. The Kier molecular flexibility index (Phi) is 6.89. The number of rotatable bonds is 7. The molecule has 1 aliphatic carbocycles. The van der Waals surface area contributed by atoms with Gasteiger partial charge in [-0.2, -0.15) is 11.8 Å². The standard InChI is InChI=1S/C12H25NO2S2/c1-11(16-8-9-17(2,14)15)10-13-12-6-4-3-5-7-12/h11-13H,3-10H2,1-2H3. The van der Waals surface area contributed by atoms with Gasteiger partial charge in [0.1, 0.15) is 9.84 Å². The van der Waals surface area contributed by atoms with Gasteiger partial charge in [-0.3, -0.25) is 0 Å². The van der Waals surface area contributed by atoms with Gasteiger partial charge in [0.15, 0.2) is 0 Å². The van der Waals surface area contributed by atoms with Gasteiger partial charge >= 0.3 is 0 Å². The summed E-state index contributed by atoms with van der Waals surface area (Å²) in [5, 5.41) is 4.10. The molecule has 1 N–H and O–H groups in total. The van der Waals surface area contributed by atoms with Crippen molar-refractivity contribution in [3.63, 3.8) is 0 Å². The number of hydrogen-bond donors (Lipinski definition) is 1. The fourth-order valence-electron chi connectivity index (χ4n) is 2.10. The predicted octanol–water partition coefficient (Wildman–Crippen LogP) is 2.08. The zero-order valence-corrected chi connectivity index (χ0v) is 12.6. The minimum Gasteiger partial charge on any atom is -0.313 e. The molecule has 0 bridgehead atoms.